The first kappa shape index (κ1) is 12.3. The molecule has 2 aromatic heterocycles. The van der Waals surface area contributed by atoms with Crippen LogP contribution in [0, 0.1) is 0 Å². The summed E-state index contributed by atoms with van der Waals surface area (Å²) in [4.78, 5) is 4.03. The van der Waals surface area contributed by atoms with Gasteiger partial charge in [0.1, 0.15) is 0 Å². The van der Waals surface area contributed by atoms with Gasteiger partial charge in [-0.2, -0.15) is 0 Å². The maximum Gasteiger partial charge on any atom is 0.0345 e. The molecule has 96 valence electrons. The van der Waals surface area contributed by atoms with Gasteiger partial charge in [-0.1, -0.05) is 18.2 Å². The fourth-order valence-corrected chi connectivity index (χ4v) is 3.34. The Bertz CT molecular complexity index is 661. The maximum absolute atomic E-state index is 6.27. The molecule has 0 bridgehead atoms. The van der Waals surface area contributed by atoms with Crippen molar-refractivity contribution >= 4 is 21.4 Å². The van der Waals surface area contributed by atoms with Crippen LogP contribution in [0.4, 0.5) is 0 Å². The molecule has 2 N–H and O–H groups in total. The molecular formula is C16H16N2S. The average Bonchev–Trinajstić information content (AvgIpc) is 2.83. The molecule has 19 heavy (non-hydrogen) atoms. The number of hydrogen-bond donors (Lipinski definition) is 1. The van der Waals surface area contributed by atoms with E-state index in [1.807, 2.05) is 24.5 Å². The van der Waals surface area contributed by atoms with Crippen LogP contribution < -0.4 is 5.73 Å². The Morgan fingerprint density at radius 1 is 1.05 bits per heavy atom. The van der Waals surface area contributed by atoms with Crippen molar-refractivity contribution < 1.29 is 0 Å². The lowest BCUT2D eigenvalue weighted by Gasteiger charge is -2.11. The molecule has 0 radical (unpaired) electrons. The van der Waals surface area contributed by atoms with Gasteiger partial charge in [0.25, 0.3) is 0 Å². The van der Waals surface area contributed by atoms with Gasteiger partial charge in [0, 0.05) is 23.1 Å². The van der Waals surface area contributed by atoms with Gasteiger partial charge in [-0.15, -0.1) is 11.3 Å². The molecule has 0 aliphatic heterocycles. The van der Waals surface area contributed by atoms with Gasteiger partial charge in [0.05, 0.1) is 0 Å². The Kier molecular flexibility index (Phi) is 3.58. The molecule has 0 aliphatic carbocycles. The third-order valence-electron chi connectivity index (χ3n) is 3.29. The van der Waals surface area contributed by atoms with Gasteiger partial charge in [-0.3, -0.25) is 4.98 Å². The van der Waals surface area contributed by atoms with Crippen LogP contribution >= 0.6 is 11.3 Å². The van der Waals surface area contributed by atoms with Crippen molar-refractivity contribution in [3.05, 3.63) is 65.3 Å². The molecule has 0 amide bonds. The summed E-state index contributed by atoms with van der Waals surface area (Å²) in [5.41, 5.74) is 8.89. The smallest absolute Gasteiger partial charge is 0.0345 e. The SMILES string of the molecule is NC(Cc1ccncc1)Cc1csc2ccccc12. The highest BCUT2D eigenvalue weighted by atomic mass is 32.1. The minimum atomic E-state index is 0.153. The number of benzene rings is 1. The van der Waals surface area contributed by atoms with Crippen LogP contribution in [-0.2, 0) is 12.8 Å². The van der Waals surface area contributed by atoms with Crippen molar-refractivity contribution in [3.8, 4) is 0 Å². The molecule has 0 fully saturated rings. The number of nitrogens with zero attached hydrogens (tertiary/aromatic N) is 1. The molecule has 1 aromatic carbocycles. The minimum absolute atomic E-state index is 0.153. The fraction of sp³-hybridized carbons (Fsp3) is 0.188. The van der Waals surface area contributed by atoms with Crippen molar-refractivity contribution in [2.24, 2.45) is 5.73 Å². The summed E-state index contributed by atoms with van der Waals surface area (Å²) < 4.78 is 1.34. The Morgan fingerprint density at radius 3 is 2.68 bits per heavy atom. The van der Waals surface area contributed by atoms with Crippen LogP contribution in [0.1, 0.15) is 11.1 Å². The summed E-state index contributed by atoms with van der Waals surface area (Å²) in [7, 11) is 0. The number of pyridine rings is 1. The van der Waals surface area contributed by atoms with Gasteiger partial charge in [-0.25, -0.2) is 0 Å². The van der Waals surface area contributed by atoms with E-state index in [0.717, 1.165) is 12.8 Å². The van der Waals surface area contributed by atoms with E-state index in [2.05, 4.69) is 34.6 Å². The summed E-state index contributed by atoms with van der Waals surface area (Å²) in [5, 5.41) is 3.58. The second-order valence-corrected chi connectivity index (χ2v) is 5.69. The molecule has 0 saturated heterocycles. The Balaban J connectivity index is 1.74. The van der Waals surface area contributed by atoms with E-state index < -0.39 is 0 Å². The summed E-state index contributed by atoms with van der Waals surface area (Å²) in [6.07, 6.45) is 5.46. The van der Waals surface area contributed by atoms with Gasteiger partial charge in [0.15, 0.2) is 0 Å². The lowest BCUT2D eigenvalue weighted by atomic mass is 10.00. The molecular weight excluding hydrogens is 252 g/mol. The summed E-state index contributed by atoms with van der Waals surface area (Å²) in [5.74, 6) is 0. The molecule has 3 aromatic rings. The van der Waals surface area contributed by atoms with Gasteiger partial charge in [-0.05, 0) is 52.9 Å². The Labute approximate surface area is 116 Å². The molecule has 2 nitrogen and oxygen atoms in total. The molecule has 3 rings (SSSR count). The van der Waals surface area contributed by atoms with Crippen molar-refractivity contribution in [1.29, 1.82) is 0 Å². The summed E-state index contributed by atoms with van der Waals surface area (Å²) >= 11 is 1.80. The second kappa shape index (κ2) is 5.51. The first-order chi connectivity index (χ1) is 9.33. The van der Waals surface area contributed by atoms with Crippen LogP contribution in [0.25, 0.3) is 10.1 Å². The standard InChI is InChI=1S/C16H16N2S/c17-14(9-12-5-7-18-8-6-12)10-13-11-19-16-4-2-1-3-15(13)16/h1-8,11,14H,9-10,17H2. The first-order valence-corrected chi connectivity index (χ1v) is 7.30. The van der Waals surface area contributed by atoms with E-state index >= 15 is 0 Å². The molecule has 2 heterocycles. The molecule has 0 spiro atoms. The van der Waals surface area contributed by atoms with Gasteiger partial charge in [0.2, 0.25) is 0 Å². The van der Waals surface area contributed by atoms with Crippen molar-refractivity contribution in [2.45, 2.75) is 18.9 Å². The van der Waals surface area contributed by atoms with E-state index in [1.54, 1.807) is 11.3 Å². The zero-order valence-electron chi connectivity index (χ0n) is 10.6. The lowest BCUT2D eigenvalue weighted by molar-refractivity contribution is 0.668. The highest BCUT2D eigenvalue weighted by Gasteiger charge is 2.09. The quantitative estimate of drug-likeness (QED) is 0.787. The number of hydrogen-bond acceptors (Lipinski definition) is 3. The second-order valence-electron chi connectivity index (χ2n) is 4.78. The van der Waals surface area contributed by atoms with Gasteiger partial charge < -0.3 is 5.73 Å². The van der Waals surface area contributed by atoms with Crippen LogP contribution in [0.2, 0.25) is 0 Å². The van der Waals surface area contributed by atoms with Crippen LogP contribution in [0.3, 0.4) is 0 Å². The first-order valence-electron chi connectivity index (χ1n) is 6.42. The highest BCUT2D eigenvalue weighted by Crippen LogP contribution is 2.26. The highest BCUT2D eigenvalue weighted by molar-refractivity contribution is 7.17. The number of aromatic nitrogens is 1. The van der Waals surface area contributed by atoms with E-state index in [1.165, 1.54) is 21.2 Å². The van der Waals surface area contributed by atoms with Crippen LogP contribution in [0.15, 0.2) is 54.2 Å². The average molecular weight is 268 g/mol. The minimum Gasteiger partial charge on any atom is -0.327 e. The third kappa shape index (κ3) is 2.83. The number of rotatable bonds is 4. The Morgan fingerprint density at radius 2 is 1.84 bits per heavy atom. The van der Waals surface area contributed by atoms with E-state index in [4.69, 9.17) is 5.73 Å². The number of nitrogens with two attached hydrogens (primary N) is 1. The number of thiophene rings is 1. The lowest BCUT2D eigenvalue weighted by Crippen LogP contribution is -2.25. The zero-order valence-corrected chi connectivity index (χ0v) is 11.4. The van der Waals surface area contributed by atoms with Crippen LogP contribution in [-0.4, -0.2) is 11.0 Å². The maximum atomic E-state index is 6.27. The van der Waals surface area contributed by atoms with Gasteiger partial charge >= 0.3 is 0 Å². The molecule has 1 unspecified atom stereocenters. The largest absolute Gasteiger partial charge is 0.327 e. The van der Waals surface area contributed by atoms with E-state index in [-0.39, 0.29) is 6.04 Å². The predicted octanol–water partition coefficient (Wildman–Crippen LogP) is 3.41. The zero-order chi connectivity index (χ0) is 13.1. The predicted molar refractivity (Wildman–Crippen MR) is 81.4 cm³/mol. The molecule has 0 saturated carbocycles. The van der Waals surface area contributed by atoms with Crippen molar-refractivity contribution in [2.75, 3.05) is 0 Å². The topological polar surface area (TPSA) is 38.9 Å². The van der Waals surface area contributed by atoms with Crippen LogP contribution in [0.5, 0.6) is 0 Å². The Hall–Kier alpha value is -1.71. The summed E-state index contributed by atoms with van der Waals surface area (Å²) in [6.45, 7) is 0. The number of fused-ring (bicyclic) bond motifs is 1. The van der Waals surface area contributed by atoms with Crippen molar-refractivity contribution in [1.82, 2.24) is 4.98 Å². The van der Waals surface area contributed by atoms with E-state index in [9.17, 15) is 0 Å². The third-order valence-corrected chi connectivity index (χ3v) is 4.30. The monoisotopic (exact) mass is 268 g/mol. The normalized spacial score (nSPS) is 12.7. The van der Waals surface area contributed by atoms with E-state index in [0.29, 0.717) is 0 Å². The summed E-state index contributed by atoms with van der Waals surface area (Å²) in [6, 6.07) is 12.7. The molecule has 1 atom stereocenters. The molecule has 0 aliphatic rings. The molecule has 3 heteroatoms. The fourth-order valence-electron chi connectivity index (χ4n) is 2.37. The van der Waals surface area contributed by atoms with Crippen molar-refractivity contribution in [3.63, 3.8) is 0 Å².